The molecule has 104 valence electrons. The van der Waals surface area contributed by atoms with E-state index in [0.717, 1.165) is 15.7 Å². The maximum atomic E-state index is 13.0. The SMILES string of the molecule is Cc1cc(Br)ccc1NCC(=O)Nc1cccc(F)c1. The first-order valence-corrected chi connectivity index (χ1v) is 6.89. The minimum atomic E-state index is -0.375. The molecule has 0 heterocycles. The van der Waals surface area contributed by atoms with Gasteiger partial charge in [-0.25, -0.2) is 4.39 Å². The smallest absolute Gasteiger partial charge is 0.243 e. The average molecular weight is 337 g/mol. The maximum absolute atomic E-state index is 13.0. The van der Waals surface area contributed by atoms with Crippen molar-refractivity contribution in [1.29, 1.82) is 0 Å². The van der Waals surface area contributed by atoms with Gasteiger partial charge in [0.1, 0.15) is 5.82 Å². The van der Waals surface area contributed by atoms with Crippen LogP contribution >= 0.6 is 15.9 Å². The number of carbonyl (C=O) groups excluding carboxylic acids is 1. The van der Waals surface area contributed by atoms with Crippen molar-refractivity contribution in [3.05, 3.63) is 58.3 Å². The third kappa shape index (κ3) is 4.06. The van der Waals surface area contributed by atoms with Crippen LogP contribution in [0.15, 0.2) is 46.9 Å². The molecule has 20 heavy (non-hydrogen) atoms. The second-order valence-corrected chi connectivity index (χ2v) is 5.29. The molecule has 0 aliphatic carbocycles. The van der Waals surface area contributed by atoms with Gasteiger partial charge in [-0.3, -0.25) is 4.79 Å². The van der Waals surface area contributed by atoms with Crippen molar-refractivity contribution in [3.63, 3.8) is 0 Å². The second-order valence-electron chi connectivity index (χ2n) is 4.37. The largest absolute Gasteiger partial charge is 0.376 e. The first-order valence-electron chi connectivity index (χ1n) is 6.10. The Morgan fingerprint density at radius 2 is 2.05 bits per heavy atom. The van der Waals surface area contributed by atoms with E-state index in [1.807, 2.05) is 25.1 Å². The fraction of sp³-hybridized carbons (Fsp3) is 0.133. The van der Waals surface area contributed by atoms with E-state index >= 15 is 0 Å². The normalized spacial score (nSPS) is 10.2. The number of amides is 1. The predicted octanol–water partition coefficient (Wildman–Crippen LogP) is 3.95. The van der Waals surface area contributed by atoms with Crippen LogP contribution in [0.4, 0.5) is 15.8 Å². The average Bonchev–Trinajstić information content (AvgIpc) is 2.37. The molecule has 0 spiro atoms. The van der Waals surface area contributed by atoms with E-state index in [-0.39, 0.29) is 18.3 Å². The van der Waals surface area contributed by atoms with Gasteiger partial charge in [0.15, 0.2) is 0 Å². The molecule has 0 aromatic heterocycles. The fourth-order valence-corrected chi connectivity index (χ4v) is 2.25. The van der Waals surface area contributed by atoms with Gasteiger partial charge in [-0.1, -0.05) is 22.0 Å². The highest BCUT2D eigenvalue weighted by Gasteiger charge is 2.04. The summed E-state index contributed by atoms with van der Waals surface area (Å²) in [6.07, 6.45) is 0. The second kappa shape index (κ2) is 6.52. The van der Waals surface area contributed by atoms with Crippen molar-refractivity contribution in [2.75, 3.05) is 17.2 Å². The summed E-state index contributed by atoms with van der Waals surface area (Å²) in [5, 5.41) is 5.68. The zero-order valence-corrected chi connectivity index (χ0v) is 12.5. The summed E-state index contributed by atoms with van der Waals surface area (Å²) in [7, 11) is 0. The Labute approximate surface area is 125 Å². The molecule has 0 radical (unpaired) electrons. The molecule has 1 amide bonds. The van der Waals surface area contributed by atoms with Gasteiger partial charge in [0.05, 0.1) is 6.54 Å². The number of carbonyl (C=O) groups is 1. The number of rotatable bonds is 4. The van der Waals surface area contributed by atoms with Crippen molar-refractivity contribution in [2.24, 2.45) is 0 Å². The van der Waals surface area contributed by atoms with Crippen molar-refractivity contribution in [2.45, 2.75) is 6.92 Å². The predicted molar refractivity (Wildman–Crippen MR) is 82.4 cm³/mol. The van der Waals surface area contributed by atoms with E-state index in [9.17, 15) is 9.18 Å². The molecular formula is C15H14BrFN2O. The topological polar surface area (TPSA) is 41.1 Å². The Bertz CT molecular complexity index is 631. The molecule has 3 nitrogen and oxygen atoms in total. The van der Waals surface area contributed by atoms with Crippen LogP contribution in [-0.4, -0.2) is 12.5 Å². The van der Waals surface area contributed by atoms with Gasteiger partial charge in [0, 0.05) is 15.8 Å². The van der Waals surface area contributed by atoms with Gasteiger partial charge < -0.3 is 10.6 Å². The molecule has 0 aliphatic rings. The zero-order valence-electron chi connectivity index (χ0n) is 10.9. The first-order chi connectivity index (χ1) is 9.54. The van der Waals surface area contributed by atoms with E-state index in [2.05, 4.69) is 26.6 Å². The number of nitrogens with one attached hydrogen (secondary N) is 2. The molecule has 0 saturated heterocycles. The van der Waals surface area contributed by atoms with E-state index in [1.54, 1.807) is 12.1 Å². The lowest BCUT2D eigenvalue weighted by atomic mass is 10.2. The molecule has 2 rings (SSSR count). The summed E-state index contributed by atoms with van der Waals surface area (Å²) in [5.41, 5.74) is 2.38. The minimum absolute atomic E-state index is 0.124. The molecule has 2 aromatic rings. The van der Waals surface area contributed by atoms with Gasteiger partial charge in [0.25, 0.3) is 0 Å². The fourth-order valence-electron chi connectivity index (χ4n) is 1.77. The van der Waals surface area contributed by atoms with Crippen LogP contribution < -0.4 is 10.6 Å². The van der Waals surface area contributed by atoms with Crippen LogP contribution in [0, 0.1) is 12.7 Å². The number of hydrogen-bond donors (Lipinski definition) is 2. The summed E-state index contributed by atoms with van der Waals surface area (Å²) in [4.78, 5) is 11.8. The Morgan fingerprint density at radius 3 is 2.75 bits per heavy atom. The number of benzene rings is 2. The van der Waals surface area contributed by atoms with Crippen LogP contribution in [0.3, 0.4) is 0 Å². The van der Waals surface area contributed by atoms with Gasteiger partial charge in [-0.2, -0.15) is 0 Å². The van der Waals surface area contributed by atoms with E-state index in [0.29, 0.717) is 5.69 Å². The van der Waals surface area contributed by atoms with Crippen molar-refractivity contribution in [1.82, 2.24) is 0 Å². The summed E-state index contributed by atoms with van der Waals surface area (Å²) < 4.78 is 14.0. The molecule has 0 aliphatic heterocycles. The van der Waals surface area contributed by atoms with E-state index in [1.165, 1.54) is 12.1 Å². The number of hydrogen-bond acceptors (Lipinski definition) is 2. The Hall–Kier alpha value is -1.88. The van der Waals surface area contributed by atoms with Gasteiger partial charge in [0.2, 0.25) is 5.91 Å². The quantitative estimate of drug-likeness (QED) is 0.887. The summed E-state index contributed by atoms with van der Waals surface area (Å²) in [6.45, 7) is 2.08. The highest BCUT2D eigenvalue weighted by Crippen LogP contribution is 2.19. The lowest BCUT2D eigenvalue weighted by Crippen LogP contribution is -2.22. The molecule has 2 N–H and O–H groups in total. The molecule has 5 heteroatoms. The lowest BCUT2D eigenvalue weighted by molar-refractivity contribution is -0.114. The number of anilines is 2. The summed E-state index contributed by atoms with van der Waals surface area (Å²) in [5.74, 6) is -0.600. The van der Waals surface area contributed by atoms with Crippen molar-refractivity contribution >= 4 is 33.2 Å². The molecule has 0 bridgehead atoms. The van der Waals surface area contributed by atoms with Gasteiger partial charge in [-0.05, 0) is 48.9 Å². The third-order valence-corrected chi connectivity index (χ3v) is 3.23. The Morgan fingerprint density at radius 1 is 1.25 bits per heavy atom. The highest BCUT2D eigenvalue weighted by molar-refractivity contribution is 9.10. The van der Waals surface area contributed by atoms with E-state index in [4.69, 9.17) is 0 Å². The monoisotopic (exact) mass is 336 g/mol. The molecule has 2 aromatic carbocycles. The maximum Gasteiger partial charge on any atom is 0.243 e. The van der Waals surface area contributed by atoms with Gasteiger partial charge in [-0.15, -0.1) is 0 Å². The standard InChI is InChI=1S/C15H14BrFN2O/c1-10-7-11(16)5-6-14(10)18-9-15(20)19-13-4-2-3-12(17)8-13/h2-8,18H,9H2,1H3,(H,19,20). The third-order valence-electron chi connectivity index (χ3n) is 2.74. The number of aryl methyl sites for hydroxylation is 1. The zero-order chi connectivity index (χ0) is 14.5. The first kappa shape index (κ1) is 14.5. The number of halogens is 2. The van der Waals surface area contributed by atoms with Crippen LogP contribution in [0.2, 0.25) is 0 Å². The minimum Gasteiger partial charge on any atom is -0.376 e. The lowest BCUT2D eigenvalue weighted by Gasteiger charge is -2.10. The molecular weight excluding hydrogens is 323 g/mol. The highest BCUT2D eigenvalue weighted by atomic mass is 79.9. The van der Waals surface area contributed by atoms with Crippen molar-refractivity contribution < 1.29 is 9.18 Å². The van der Waals surface area contributed by atoms with Crippen LogP contribution in [-0.2, 0) is 4.79 Å². The Balaban J connectivity index is 1.92. The van der Waals surface area contributed by atoms with Crippen LogP contribution in [0.5, 0.6) is 0 Å². The molecule has 0 saturated carbocycles. The molecule has 0 unspecified atom stereocenters. The summed E-state index contributed by atoms with van der Waals surface area (Å²) >= 11 is 3.38. The molecule has 0 fully saturated rings. The van der Waals surface area contributed by atoms with Gasteiger partial charge >= 0.3 is 0 Å². The van der Waals surface area contributed by atoms with E-state index < -0.39 is 0 Å². The Kier molecular flexibility index (Phi) is 4.74. The van der Waals surface area contributed by atoms with Crippen molar-refractivity contribution in [3.8, 4) is 0 Å². The summed E-state index contributed by atoms with van der Waals surface area (Å²) in [6, 6.07) is 11.6. The van der Waals surface area contributed by atoms with Crippen LogP contribution in [0.25, 0.3) is 0 Å². The molecule has 0 atom stereocenters. The van der Waals surface area contributed by atoms with Crippen LogP contribution in [0.1, 0.15) is 5.56 Å².